The molecule has 0 aliphatic carbocycles. The lowest BCUT2D eigenvalue weighted by Gasteiger charge is -2.34. The van der Waals surface area contributed by atoms with Crippen molar-refractivity contribution in [2.75, 3.05) is 43.4 Å². The van der Waals surface area contributed by atoms with Crippen molar-refractivity contribution in [2.45, 2.75) is 0 Å². The maximum absolute atomic E-state index is 13.8. The number of urea groups is 1. The van der Waals surface area contributed by atoms with Crippen molar-refractivity contribution in [1.29, 1.82) is 0 Å². The van der Waals surface area contributed by atoms with Gasteiger partial charge in [-0.3, -0.25) is 9.78 Å². The van der Waals surface area contributed by atoms with Crippen LogP contribution in [0.25, 0.3) is 0 Å². The zero-order valence-corrected chi connectivity index (χ0v) is 18.0. The van der Waals surface area contributed by atoms with Gasteiger partial charge in [0.25, 0.3) is 5.91 Å². The Morgan fingerprint density at radius 1 is 0.879 bits per heavy atom. The molecule has 1 aromatic heterocycles. The minimum atomic E-state index is -0.711. The van der Waals surface area contributed by atoms with Crippen LogP contribution < -0.4 is 10.2 Å². The first-order chi connectivity index (χ1) is 15.9. The van der Waals surface area contributed by atoms with E-state index in [2.05, 4.69) is 10.3 Å². The molecule has 33 heavy (non-hydrogen) atoms. The van der Waals surface area contributed by atoms with Crippen molar-refractivity contribution in [2.24, 2.45) is 0 Å². The molecule has 3 amide bonds. The second kappa shape index (κ2) is 9.64. The minimum absolute atomic E-state index is 0.121. The van der Waals surface area contributed by atoms with E-state index in [1.54, 1.807) is 29.4 Å². The molecule has 0 saturated carbocycles. The van der Waals surface area contributed by atoms with Crippen LogP contribution in [0.4, 0.5) is 30.6 Å². The number of carbonyl (C=O) groups is 2. The summed E-state index contributed by atoms with van der Waals surface area (Å²) in [7, 11) is 1.94. The average Bonchev–Trinajstić information content (AvgIpc) is 2.86. The second-order valence-electron chi connectivity index (χ2n) is 7.64. The van der Waals surface area contributed by atoms with Gasteiger partial charge in [0, 0.05) is 68.6 Å². The highest BCUT2D eigenvalue weighted by molar-refractivity contribution is 5.95. The van der Waals surface area contributed by atoms with Crippen LogP contribution in [0.2, 0.25) is 0 Å². The normalized spacial score (nSPS) is 13.5. The zero-order valence-electron chi connectivity index (χ0n) is 18.0. The Bertz CT molecular complexity index is 1130. The summed E-state index contributed by atoms with van der Waals surface area (Å²) in [5.41, 5.74) is 2.26. The molecule has 4 rings (SSSR count). The van der Waals surface area contributed by atoms with Gasteiger partial charge in [0.1, 0.15) is 11.6 Å². The van der Waals surface area contributed by atoms with E-state index in [0.717, 1.165) is 29.6 Å². The van der Waals surface area contributed by atoms with Crippen molar-refractivity contribution in [3.05, 3.63) is 84.2 Å². The smallest absolute Gasteiger partial charge is 0.322 e. The summed E-state index contributed by atoms with van der Waals surface area (Å²) in [5.74, 6) is -1.47. The van der Waals surface area contributed by atoms with Gasteiger partial charge in [-0.25, -0.2) is 13.6 Å². The van der Waals surface area contributed by atoms with Gasteiger partial charge in [-0.15, -0.1) is 0 Å². The number of carbonyl (C=O) groups excluding carboxylic acids is 2. The molecule has 170 valence electrons. The standard InChI is InChI=1S/C24H23F2N5O2/c1-29(20-8-10-27-11-9-20)19-5-2-17(3-6-19)23(32)30-12-14-31(15-13-30)24(33)28-22-16-18(25)4-7-21(22)26/h2-11,16H,12-15H2,1H3,(H,28,33). The first kappa shape index (κ1) is 22.2. The van der Waals surface area contributed by atoms with E-state index in [9.17, 15) is 18.4 Å². The zero-order chi connectivity index (χ0) is 23.4. The van der Waals surface area contributed by atoms with Gasteiger partial charge in [0.05, 0.1) is 5.69 Å². The fourth-order valence-electron chi connectivity index (χ4n) is 3.63. The molecule has 1 N–H and O–H groups in total. The number of amides is 3. The van der Waals surface area contributed by atoms with Crippen molar-refractivity contribution in [3.8, 4) is 0 Å². The lowest BCUT2D eigenvalue weighted by Crippen LogP contribution is -2.51. The number of nitrogens with zero attached hydrogens (tertiary/aromatic N) is 4. The average molecular weight is 451 g/mol. The number of rotatable bonds is 4. The van der Waals surface area contributed by atoms with Gasteiger partial charge < -0.3 is 20.0 Å². The second-order valence-corrected chi connectivity index (χ2v) is 7.64. The summed E-state index contributed by atoms with van der Waals surface area (Å²) >= 11 is 0. The molecule has 9 heteroatoms. The van der Waals surface area contributed by atoms with Crippen LogP contribution in [-0.4, -0.2) is 59.9 Å². The number of piperazine rings is 1. The van der Waals surface area contributed by atoms with Crippen LogP contribution in [0, 0.1) is 11.6 Å². The molecule has 7 nitrogen and oxygen atoms in total. The fourth-order valence-corrected chi connectivity index (χ4v) is 3.63. The van der Waals surface area contributed by atoms with Crippen LogP contribution in [0.15, 0.2) is 67.0 Å². The van der Waals surface area contributed by atoms with Gasteiger partial charge in [-0.2, -0.15) is 0 Å². The number of halogens is 2. The van der Waals surface area contributed by atoms with Gasteiger partial charge in [-0.1, -0.05) is 0 Å². The highest BCUT2D eigenvalue weighted by atomic mass is 19.1. The van der Waals surface area contributed by atoms with E-state index in [-0.39, 0.29) is 24.7 Å². The lowest BCUT2D eigenvalue weighted by molar-refractivity contribution is 0.0671. The van der Waals surface area contributed by atoms with E-state index >= 15 is 0 Å². The maximum Gasteiger partial charge on any atom is 0.322 e. The maximum atomic E-state index is 13.8. The third-order valence-electron chi connectivity index (χ3n) is 5.58. The first-order valence-electron chi connectivity index (χ1n) is 10.5. The molecule has 1 saturated heterocycles. The number of benzene rings is 2. The van der Waals surface area contributed by atoms with Gasteiger partial charge in [0.15, 0.2) is 0 Å². The van der Waals surface area contributed by atoms with Gasteiger partial charge in [-0.05, 0) is 48.5 Å². The molecule has 0 radical (unpaired) electrons. The number of pyridine rings is 1. The van der Waals surface area contributed by atoms with Crippen LogP contribution in [0.1, 0.15) is 10.4 Å². The van der Waals surface area contributed by atoms with Crippen molar-refractivity contribution < 1.29 is 18.4 Å². The third kappa shape index (κ3) is 5.08. The van der Waals surface area contributed by atoms with Crippen molar-refractivity contribution >= 4 is 29.0 Å². The Morgan fingerprint density at radius 2 is 1.48 bits per heavy atom. The van der Waals surface area contributed by atoms with Crippen molar-refractivity contribution in [3.63, 3.8) is 0 Å². The van der Waals surface area contributed by atoms with Crippen molar-refractivity contribution in [1.82, 2.24) is 14.8 Å². The summed E-state index contributed by atoms with van der Waals surface area (Å²) in [6, 6.07) is 13.5. The molecule has 1 aliphatic heterocycles. The molecular formula is C24H23F2N5O2. The topological polar surface area (TPSA) is 68.8 Å². The van der Waals surface area contributed by atoms with Gasteiger partial charge in [0.2, 0.25) is 0 Å². The van der Waals surface area contributed by atoms with E-state index in [1.165, 1.54) is 4.90 Å². The molecule has 0 bridgehead atoms. The summed E-state index contributed by atoms with van der Waals surface area (Å²) in [6.07, 6.45) is 3.44. The summed E-state index contributed by atoms with van der Waals surface area (Å²) in [4.78, 5) is 34.5. The SMILES string of the molecule is CN(c1ccncc1)c1ccc(C(=O)N2CCN(C(=O)Nc3cc(F)ccc3F)CC2)cc1. The molecule has 1 fully saturated rings. The number of aromatic nitrogens is 1. The summed E-state index contributed by atoms with van der Waals surface area (Å²) < 4.78 is 27.1. The first-order valence-corrected chi connectivity index (χ1v) is 10.5. The molecule has 0 spiro atoms. The summed E-state index contributed by atoms with van der Waals surface area (Å²) in [5, 5.41) is 2.39. The molecule has 3 aromatic rings. The monoisotopic (exact) mass is 451 g/mol. The number of nitrogens with one attached hydrogen (secondary N) is 1. The molecule has 0 atom stereocenters. The van der Waals surface area contributed by atoms with Crippen LogP contribution >= 0.6 is 0 Å². The lowest BCUT2D eigenvalue weighted by atomic mass is 10.1. The predicted octanol–water partition coefficient (Wildman–Crippen LogP) is 4.12. The molecule has 0 unspecified atom stereocenters. The van der Waals surface area contributed by atoms with E-state index in [0.29, 0.717) is 18.7 Å². The highest BCUT2D eigenvalue weighted by Crippen LogP contribution is 2.23. The quantitative estimate of drug-likeness (QED) is 0.648. The molecule has 1 aliphatic rings. The predicted molar refractivity (Wildman–Crippen MR) is 122 cm³/mol. The number of hydrogen-bond donors (Lipinski definition) is 1. The minimum Gasteiger partial charge on any atom is -0.345 e. The Hall–Kier alpha value is -4.01. The van der Waals surface area contributed by atoms with Gasteiger partial charge >= 0.3 is 6.03 Å². The van der Waals surface area contributed by atoms with Crippen LogP contribution in [0.3, 0.4) is 0 Å². The molecule has 2 heterocycles. The third-order valence-corrected chi connectivity index (χ3v) is 5.58. The Labute approximate surface area is 190 Å². The van der Waals surface area contributed by atoms with E-state index < -0.39 is 17.7 Å². The number of hydrogen-bond acceptors (Lipinski definition) is 4. The Balaban J connectivity index is 1.33. The Kier molecular flexibility index (Phi) is 6.48. The Morgan fingerprint density at radius 3 is 2.15 bits per heavy atom. The largest absolute Gasteiger partial charge is 0.345 e. The molecular weight excluding hydrogens is 428 g/mol. The van der Waals surface area contributed by atoms with E-state index in [4.69, 9.17) is 0 Å². The molecule has 2 aromatic carbocycles. The highest BCUT2D eigenvalue weighted by Gasteiger charge is 2.25. The van der Waals surface area contributed by atoms with E-state index in [1.807, 2.05) is 36.2 Å². The fraction of sp³-hybridized carbons (Fsp3) is 0.208. The number of anilines is 3. The van der Waals surface area contributed by atoms with Crippen LogP contribution in [0.5, 0.6) is 0 Å². The summed E-state index contributed by atoms with van der Waals surface area (Å²) in [6.45, 7) is 1.27. The van der Waals surface area contributed by atoms with Crippen LogP contribution in [-0.2, 0) is 0 Å².